The zero-order valence-corrected chi connectivity index (χ0v) is 14.8. The molecular formula is C16H16N4O5S. The third-order valence-corrected chi connectivity index (χ3v) is 4.17. The molecule has 4 N–H and O–H groups in total. The molecule has 0 atom stereocenters. The van der Waals surface area contributed by atoms with Crippen molar-refractivity contribution in [2.75, 3.05) is 11.9 Å². The molecule has 1 aromatic carbocycles. The van der Waals surface area contributed by atoms with Crippen LogP contribution in [0.15, 0.2) is 24.3 Å². The maximum atomic E-state index is 12.1. The Labute approximate surface area is 152 Å². The van der Waals surface area contributed by atoms with Gasteiger partial charge in [-0.3, -0.25) is 15.5 Å². The second-order valence-electron chi connectivity index (χ2n) is 4.99. The number of benzene rings is 1. The molecule has 1 aromatic heterocycles. The van der Waals surface area contributed by atoms with Gasteiger partial charge in [-0.1, -0.05) is 11.3 Å². The maximum Gasteiger partial charge on any atom is 0.350 e. The van der Waals surface area contributed by atoms with Crippen LogP contribution in [-0.2, 0) is 4.74 Å². The molecule has 0 radical (unpaired) electrons. The first-order valence-corrected chi connectivity index (χ1v) is 8.28. The summed E-state index contributed by atoms with van der Waals surface area (Å²) in [6.07, 6.45) is 0. The summed E-state index contributed by atoms with van der Waals surface area (Å²) in [5.41, 5.74) is 0.711. The van der Waals surface area contributed by atoms with Crippen molar-refractivity contribution in [3.05, 3.63) is 46.0 Å². The molecular weight excluding hydrogens is 360 g/mol. The highest BCUT2D eigenvalue weighted by Crippen LogP contribution is 2.23. The highest BCUT2D eigenvalue weighted by molar-refractivity contribution is 7.17. The van der Waals surface area contributed by atoms with E-state index in [1.54, 1.807) is 13.8 Å². The van der Waals surface area contributed by atoms with E-state index in [-0.39, 0.29) is 28.8 Å². The van der Waals surface area contributed by atoms with Crippen LogP contribution in [-0.4, -0.2) is 40.5 Å². The SMILES string of the molecule is CCOC(=O)c1sc(NC(=N)NC(=O)c2ccc(C(=O)O)cc2)nc1C. The van der Waals surface area contributed by atoms with Crippen LogP contribution < -0.4 is 10.6 Å². The Bertz CT molecular complexity index is 860. The average Bonchev–Trinajstić information content (AvgIpc) is 2.95. The van der Waals surface area contributed by atoms with Crippen LogP contribution in [0.2, 0.25) is 0 Å². The van der Waals surface area contributed by atoms with Gasteiger partial charge in [0, 0.05) is 5.56 Å². The monoisotopic (exact) mass is 376 g/mol. The van der Waals surface area contributed by atoms with E-state index in [2.05, 4.69) is 15.6 Å². The van der Waals surface area contributed by atoms with Crippen LogP contribution in [0.4, 0.5) is 5.13 Å². The molecule has 0 saturated heterocycles. The first kappa shape index (κ1) is 19.1. The van der Waals surface area contributed by atoms with Crippen LogP contribution in [0, 0.1) is 12.3 Å². The minimum atomic E-state index is -1.09. The van der Waals surface area contributed by atoms with Crippen molar-refractivity contribution >= 4 is 40.3 Å². The van der Waals surface area contributed by atoms with Gasteiger partial charge in [-0.25, -0.2) is 14.6 Å². The number of ether oxygens (including phenoxy) is 1. The number of carbonyl (C=O) groups excluding carboxylic acids is 2. The molecule has 2 aromatic rings. The second kappa shape index (κ2) is 8.21. The van der Waals surface area contributed by atoms with Crippen LogP contribution in [0.25, 0.3) is 0 Å². The van der Waals surface area contributed by atoms with E-state index < -0.39 is 17.8 Å². The first-order chi connectivity index (χ1) is 12.3. The Kier molecular flexibility index (Phi) is 6.02. The third kappa shape index (κ3) is 4.63. The van der Waals surface area contributed by atoms with Crippen molar-refractivity contribution in [3.63, 3.8) is 0 Å². The van der Waals surface area contributed by atoms with Crippen LogP contribution >= 0.6 is 11.3 Å². The Morgan fingerprint density at radius 2 is 1.85 bits per heavy atom. The van der Waals surface area contributed by atoms with Crippen LogP contribution in [0.3, 0.4) is 0 Å². The molecule has 0 fully saturated rings. The number of carbonyl (C=O) groups is 3. The summed E-state index contributed by atoms with van der Waals surface area (Å²) in [7, 11) is 0. The molecule has 0 aliphatic carbocycles. The normalized spacial score (nSPS) is 10.1. The van der Waals surface area contributed by atoms with Gasteiger partial charge in [0.25, 0.3) is 5.91 Å². The molecule has 1 amide bonds. The lowest BCUT2D eigenvalue weighted by Crippen LogP contribution is -2.35. The van der Waals surface area contributed by atoms with E-state index >= 15 is 0 Å². The number of nitrogens with zero attached hydrogens (tertiary/aromatic N) is 1. The lowest BCUT2D eigenvalue weighted by molar-refractivity contribution is 0.0530. The predicted octanol–water partition coefficient (Wildman–Crippen LogP) is 2.10. The summed E-state index contributed by atoms with van der Waals surface area (Å²) in [6.45, 7) is 3.58. The van der Waals surface area contributed by atoms with E-state index in [4.69, 9.17) is 15.3 Å². The van der Waals surface area contributed by atoms with Gasteiger partial charge in [0.2, 0.25) is 5.96 Å². The number of hydrogen-bond donors (Lipinski definition) is 4. The number of aromatic carboxylic acids is 1. The predicted molar refractivity (Wildman–Crippen MR) is 95.0 cm³/mol. The molecule has 136 valence electrons. The standard InChI is InChI=1S/C16H16N4O5S/c1-3-25-14(24)11-8(2)18-16(26-11)20-15(17)19-12(21)9-4-6-10(7-5-9)13(22)23/h4-7H,3H2,1-2H3,(H,22,23)(H3,17,18,19,20,21). The molecule has 2 rings (SSSR count). The number of thiazole rings is 1. The zero-order chi connectivity index (χ0) is 19.3. The van der Waals surface area contributed by atoms with Gasteiger partial charge in [-0.2, -0.15) is 0 Å². The van der Waals surface area contributed by atoms with E-state index in [0.717, 1.165) is 11.3 Å². The molecule has 0 spiro atoms. The van der Waals surface area contributed by atoms with Crippen molar-refractivity contribution in [3.8, 4) is 0 Å². The summed E-state index contributed by atoms with van der Waals surface area (Å²) in [5, 5.41) is 21.8. The van der Waals surface area contributed by atoms with Gasteiger partial charge in [-0.05, 0) is 38.1 Å². The Balaban J connectivity index is 2.00. The highest BCUT2D eigenvalue weighted by atomic mass is 32.1. The van der Waals surface area contributed by atoms with Crippen LogP contribution in [0.5, 0.6) is 0 Å². The highest BCUT2D eigenvalue weighted by Gasteiger charge is 2.17. The van der Waals surface area contributed by atoms with Gasteiger partial charge < -0.3 is 15.2 Å². The van der Waals surface area contributed by atoms with Gasteiger partial charge in [0.15, 0.2) is 5.13 Å². The van der Waals surface area contributed by atoms with Crippen molar-refractivity contribution in [1.82, 2.24) is 10.3 Å². The fraction of sp³-hybridized carbons (Fsp3) is 0.188. The minimum Gasteiger partial charge on any atom is -0.478 e. The summed E-state index contributed by atoms with van der Waals surface area (Å²) in [6, 6.07) is 5.28. The Hall–Kier alpha value is -3.27. The summed E-state index contributed by atoms with van der Waals surface area (Å²) in [5.74, 6) is -2.51. The molecule has 0 aliphatic rings. The number of aryl methyl sites for hydroxylation is 1. The number of carboxylic acids is 1. The van der Waals surface area contributed by atoms with E-state index in [1.807, 2.05) is 0 Å². The number of hydrogen-bond acceptors (Lipinski definition) is 7. The van der Waals surface area contributed by atoms with Gasteiger partial charge in [0.05, 0.1) is 17.9 Å². The molecule has 26 heavy (non-hydrogen) atoms. The quantitative estimate of drug-likeness (QED) is 0.356. The van der Waals surface area contributed by atoms with E-state index in [1.165, 1.54) is 24.3 Å². The summed E-state index contributed by atoms with van der Waals surface area (Å²) < 4.78 is 4.91. The number of esters is 1. The number of nitrogens with one attached hydrogen (secondary N) is 3. The number of rotatable bonds is 5. The Morgan fingerprint density at radius 1 is 1.23 bits per heavy atom. The fourth-order valence-electron chi connectivity index (χ4n) is 1.92. The van der Waals surface area contributed by atoms with E-state index in [0.29, 0.717) is 10.6 Å². The van der Waals surface area contributed by atoms with Crippen molar-refractivity contribution in [2.45, 2.75) is 13.8 Å². The number of amides is 1. The van der Waals surface area contributed by atoms with Crippen molar-refractivity contribution in [1.29, 1.82) is 5.41 Å². The fourth-order valence-corrected chi connectivity index (χ4v) is 2.79. The maximum absolute atomic E-state index is 12.1. The average molecular weight is 376 g/mol. The Morgan fingerprint density at radius 3 is 2.42 bits per heavy atom. The number of anilines is 1. The molecule has 0 saturated carbocycles. The van der Waals surface area contributed by atoms with Crippen LogP contribution in [0.1, 0.15) is 43.0 Å². The van der Waals surface area contributed by atoms with Gasteiger partial charge in [0.1, 0.15) is 4.88 Å². The first-order valence-electron chi connectivity index (χ1n) is 7.46. The van der Waals surface area contributed by atoms with Gasteiger partial charge >= 0.3 is 11.9 Å². The summed E-state index contributed by atoms with van der Waals surface area (Å²) >= 11 is 1.01. The second-order valence-corrected chi connectivity index (χ2v) is 5.99. The zero-order valence-electron chi connectivity index (χ0n) is 14.0. The lowest BCUT2D eigenvalue weighted by Gasteiger charge is -2.07. The minimum absolute atomic E-state index is 0.0551. The number of carboxylic acid groups (broad SMARTS) is 1. The largest absolute Gasteiger partial charge is 0.478 e. The summed E-state index contributed by atoms with van der Waals surface area (Å²) in [4.78, 5) is 39.0. The lowest BCUT2D eigenvalue weighted by atomic mass is 10.1. The van der Waals surface area contributed by atoms with E-state index in [9.17, 15) is 14.4 Å². The molecule has 9 nitrogen and oxygen atoms in total. The van der Waals surface area contributed by atoms with Crippen molar-refractivity contribution in [2.24, 2.45) is 0 Å². The molecule has 0 aliphatic heterocycles. The topological polar surface area (TPSA) is 141 Å². The van der Waals surface area contributed by atoms with Gasteiger partial charge in [-0.15, -0.1) is 0 Å². The molecule has 0 bridgehead atoms. The third-order valence-electron chi connectivity index (χ3n) is 3.12. The van der Waals surface area contributed by atoms with Crippen molar-refractivity contribution < 1.29 is 24.2 Å². The number of aromatic nitrogens is 1. The smallest absolute Gasteiger partial charge is 0.350 e. The molecule has 1 heterocycles. The molecule has 10 heteroatoms. The molecule has 0 unspecified atom stereocenters. The number of guanidine groups is 1.